The number of anilines is 1. The van der Waals surface area contributed by atoms with Crippen LogP contribution in [-0.2, 0) is 19.8 Å². The summed E-state index contributed by atoms with van der Waals surface area (Å²) in [5.41, 5.74) is 4.58. The van der Waals surface area contributed by atoms with Crippen molar-refractivity contribution in [1.29, 1.82) is 5.26 Å². The minimum absolute atomic E-state index is 0.0321. The Bertz CT molecular complexity index is 1660. The molecule has 5 rings (SSSR count). The molecule has 5 N–H and O–H groups in total. The van der Waals surface area contributed by atoms with Crippen LogP contribution < -0.4 is 21.7 Å². The van der Waals surface area contributed by atoms with Crippen LogP contribution in [0.3, 0.4) is 0 Å². The van der Waals surface area contributed by atoms with Gasteiger partial charge >= 0.3 is 12.2 Å². The maximum absolute atomic E-state index is 13.6. The summed E-state index contributed by atoms with van der Waals surface area (Å²) in [6, 6.07) is 5.71. The molecule has 1 atom stereocenters. The van der Waals surface area contributed by atoms with E-state index in [9.17, 15) is 27.6 Å². The molecule has 3 heterocycles. The molecule has 1 saturated heterocycles. The Kier molecular flexibility index (Phi) is 9.03. The molecule has 17 heteroatoms. The van der Waals surface area contributed by atoms with Crippen LogP contribution in [0.5, 0.6) is 0 Å². The summed E-state index contributed by atoms with van der Waals surface area (Å²) in [7, 11) is 1.37. The zero-order valence-electron chi connectivity index (χ0n) is 24.1. The minimum atomic E-state index is -4.80. The number of imidazole rings is 1. The van der Waals surface area contributed by atoms with Crippen molar-refractivity contribution in [3.8, 4) is 17.3 Å². The number of hydrogen-bond acceptors (Lipinski definition) is 7. The molecule has 1 aliphatic heterocycles. The van der Waals surface area contributed by atoms with Crippen LogP contribution in [-0.4, -0.2) is 73.3 Å². The van der Waals surface area contributed by atoms with Crippen LogP contribution in [0, 0.1) is 11.3 Å². The Balaban J connectivity index is 1.18. The molecule has 2 fully saturated rings. The minimum Gasteiger partial charge on any atom is -0.349 e. The SMILES string of the molecule is Cn1c(-c2cn(CC#N)nc2C(F)(F)F)cnc1C(=O)Nc1ccc(C(=O)N[C@H]2C[C@@H](NC(=O)N3CCCC3CN)C2)c(Cl)c1. The third-order valence-electron chi connectivity index (χ3n) is 7.91. The van der Waals surface area contributed by atoms with Crippen molar-refractivity contribution in [2.45, 2.75) is 56.5 Å². The number of aromatic nitrogens is 4. The van der Waals surface area contributed by atoms with Gasteiger partial charge in [-0.05, 0) is 43.9 Å². The largest absolute Gasteiger partial charge is 0.435 e. The van der Waals surface area contributed by atoms with Gasteiger partial charge in [-0.3, -0.25) is 14.3 Å². The van der Waals surface area contributed by atoms with E-state index in [4.69, 9.17) is 22.6 Å². The summed E-state index contributed by atoms with van der Waals surface area (Å²) in [5.74, 6) is -1.34. The first-order valence-electron chi connectivity index (χ1n) is 14.1. The van der Waals surface area contributed by atoms with Gasteiger partial charge in [0.2, 0.25) is 0 Å². The van der Waals surface area contributed by atoms with Crippen molar-refractivity contribution in [2.24, 2.45) is 12.8 Å². The van der Waals surface area contributed by atoms with E-state index in [0.29, 0.717) is 25.9 Å². The van der Waals surface area contributed by atoms with Gasteiger partial charge in [0.25, 0.3) is 11.8 Å². The van der Waals surface area contributed by atoms with Gasteiger partial charge in [0.1, 0.15) is 6.54 Å². The molecule has 1 aromatic carbocycles. The topological polar surface area (TPSA) is 176 Å². The lowest BCUT2D eigenvalue weighted by atomic mass is 9.86. The van der Waals surface area contributed by atoms with E-state index in [0.717, 1.165) is 29.9 Å². The lowest BCUT2D eigenvalue weighted by molar-refractivity contribution is -0.141. The molecule has 1 aliphatic carbocycles. The molecular weight excluding hydrogens is 617 g/mol. The smallest absolute Gasteiger partial charge is 0.349 e. The van der Waals surface area contributed by atoms with E-state index in [1.165, 1.54) is 29.8 Å². The first-order chi connectivity index (χ1) is 21.4. The molecule has 0 radical (unpaired) electrons. The van der Waals surface area contributed by atoms with Crippen LogP contribution in [0.25, 0.3) is 11.3 Å². The summed E-state index contributed by atoms with van der Waals surface area (Å²) in [5, 5.41) is 20.8. The number of nitrogens with zero attached hydrogens (tertiary/aromatic N) is 6. The van der Waals surface area contributed by atoms with Crippen molar-refractivity contribution >= 4 is 35.1 Å². The summed E-state index contributed by atoms with van der Waals surface area (Å²) < 4.78 is 42.8. The maximum Gasteiger partial charge on any atom is 0.435 e. The Labute approximate surface area is 260 Å². The Morgan fingerprint density at radius 3 is 2.58 bits per heavy atom. The molecule has 3 aromatic rings. The van der Waals surface area contributed by atoms with E-state index >= 15 is 0 Å². The number of halogens is 4. The van der Waals surface area contributed by atoms with Gasteiger partial charge in [0.15, 0.2) is 11.5 Å². The normalized spacial score (nSPS) is 19.5. The van der Waals surface area contributed by atoms with Gasteiger partial charge in [-0.15, -0.1) is 0 Å². The summed E-state index contributed by atoms with van der Waals surface area (Å²) in [6.45, 7) is 0.711. The summed E-state index contributed by atoms with van der Waals surface area (Å²) >= 11 is 6.36. The molecule has 13 nitrogen and oxygen atoms in total. The maximum atomic E-state index is 13.6. The van der Waals surface area contributed by atoms with Gasteiger partial charge in [-0.1, -0.05) is 11.6 Å². The van der Waals surface area contributed by atoms with E-state index in [2.05, 4.69) is 26.0 Å². The summed E-state index contributed by atoms with van der Waals surface area (Å²) in [4.78, 5) is 44.1. The first-order valence-corrected chi connectivity index (χ1v) is 14.5. The van der Waals surface area contributed by atoms with Crippen LogP contribution in [0.4, 0.5) is 23.7 Å². The second-order valence-corrected chi connectivity index (χ2v) is 11.3. The summed E-state index contributed by atoms with van der Waals surface area (Å²) in [6.07, 6.45) is 0.337. The molecule has 0 spiro atoms. The van der Waals surface area contributed by atoms with E-state index in [1.54, 1.807) is 11.0 Å². The van der Waals surface area contributed by atoms with Crippen LogP contribution in [0.15, 0.2) is 30.6 Å². The number of alkyl halides is 3. The van der Waals surface area contributed by atoms with Crippen molar-refractivity contribution < 1.29 is 27.6 Å². The number of nitrogens with two attached hydrogens (primary N) is 1. The van der Waals surface area contributed by atoms with Gasteiger partial charge in [0.05, 0.1) is 34.1 Å². The number of carbonyl (C=O) groups is 3. The van der Waals surface area contributed by atoms with Gasteiger partial charge < -0.3 is 31.2 Å². The Morgan fingerprint density at radius 2 is 1.91 bits per heavy atom. The quantitative estimate of drug-likeness (QED) is 0.291. The van der Waals surface area contributed by atoms with E-state index in [1.807, 2.05) is 0 Å². The van der Waals surface area contributed by atoms with Crippen molar-refractivity contribution in [3.05, 3.63) is 52.7 Å². The standard InChI is InChI=1S/C28H30ClF3N10O3/c1-40-22(20-14-41(8-6-33)39-23(20)28(30,31)32)13-35-24(40)26(44)36-15-4-5-19(21(29)11-15)25(43)37-16-9-17(10-16)38-27(45)42-7-2-3-18(42)12-34/h4-5,11,13-14,16-18H,2-3,7-10,12,34H2,1H3,(H,36,44)(H,37,43)(H,38,45)/t16-,17+,18?. The fourth-order valence-electron chi connectivity index (χ4n) is 5.53. The van der Waals surface area contributed by atoms with Crippen LogP contribution >= 0.6 is 11.6 Å². The number of likely N-dealkylation sites (tertiary alicyclic amines) is 1. The molecule has 45 heavy (non-hydrogen) atoms. The number of nitrogens with one attached hydrogen (secondary N) is 3. The molecule has 2 aromatic heterocycles. The van der Waals surface area contributed by atoms with E-state index < -0.39 is 30.2 Å². The molecule has 1 saturated carbocycles. The molecule has 1 unspecified atom stereocenters. The lowest BCUT2D eigenvalue weighted by Crippen LogP contribution is -2.57. The average molecular weight is 647 g/mol. The number of urea groups is 1. The number of hydrogen-bond donors (Lipinski definition) is 4. The third-order valence-corrected chi connectivity index (χ3v) is 8.23. The van der Waals surface area contributed by atoms with Gasteiger partial charge in [-0.25, -0.2) is 9.78 Å². The lowest BCUT2D eigenvalue weighted by Gasteiger charge is -2.37. The highest BCUT2D eigenvalue weighted by Crippen LogP contribution is 2.36. The van der Waals surface area contributed by atoms with Gasteiger partial charge in [0, 0.05) is 50.1 Å². The third kappa shape index (κ3) is 6.74. The zero-order chi connectivity index (χ0) is 32.5. The highest BCUT2D eigenvalue weighted by molar-refractivity contribution is 6.34. The zero-order valence-corrected chi connectivity index (χ0v) is 24.8. The first kappa shape index (κ1) is 31.8. The van der Waals surface area contributed by atoms with Crippen molar-refractivity contribution in [2.75, 3.05) is 18.4 Å². The van der Waals surface area contributed by atoms with E-state index in [-0.39, 0.29) is 57.5 Å². The average Bonchev–Trinajstić information content (AvgIpc) is 3.70. The number of carbonyl (C=O) groups excluding carboxylic acids is 3. The van der Waals surface area contributed by atoms with Crippen LogP contribution in [0.2, 0.25) is 5.02 Å². The predicted molar refractivity (Wildman–Crippen MR) is 156 cm³/mol. The highest BCUT2D eigenvalue weighted by atomic mass is 35.5. The highest BCUT2D eigenvalue weighted by Gasteiger charge is 2.39. The molecular formula is C28H30ClF3N10O3. The monoisotopic (exact) mass is 646 g/mol. The number of amides is 4. The Hall–Kier alpha value is -4.62. The molecule has 0 bridgehead atoms. The van der Waals surface area contributed by atoms with Crippen molar-refractivity contribution in [1.82, 2.24) is 34.9 Å². The van der Waals surface area contributed by atoms with Crippen molar-refractivity contribution in [3.63, 3.8) is 0 Å². The predicted octanol–water partition coefficient (Wildman–Crippen LogP) is 3.13. The molecule has 238 valence electrons. The second-order valence-electron chi connectivity index (χ2n) is 10.9. The fraction of sp³-hybridized carbons (Fsp3) is 0.429. The second kappa shape index (κ2) is 12.8. The Morgan fingerprint density at radius 1 is 1.18 bits per heavy atom. The fourth-order valence-corrected chi connectivity index (χ4v) is 5.80. The van der Waals surface area contributed by atoms with Gasteiger partial charge in [-0.2, -0.15) is 23.5 Å². The number of nitriles is 1. The number of rotatable bonds is 8. The van der Waals surface area contributed by atoms with Crippen LogP contribution in [0.1, 0.15) is 52.4 Å². The molecule has 4 amide bonds. The number of benzene rings is 1. The molecule has 2 aliphatic rings.